The number of nitrogens with zero attached hydrogens (tertiary/aromatic N) is 1. The molecule has 0 atom stereocenters. The van der Waals surface area contributed by atoms with Crippen molar-refractivity contribution in [2.24, 2.45) is 0 Å². The highest BCUT2D eigenvalue weighted by Crippen LogP contribution is 2.27. The number of nitriles is 1. The van der Waals surface area contributed by atoms with Gasteiger partial charge in [0.15, 0.2) is 11.5 Å². The fourth-order valence-corrected chi connectivity index (χ4v) is 3.58. The zero-order valence-corrected chi connectivity index (χ0v) is 17.8. The Hall–Kier alpha value is -3.09. The first-order valence-electron chi connectivity index (χ1n) is 9.39. The molecule has 2 rings (SSSR count). The van der Waals surface area contributed by atoms with Gasteiger partial charge in [0.1, 0.15) is 0 Å². The molecule has 0 unspecified atom stereocenters. The summed E-state index contributed by atoms with van der Waals surface area (Å²) in [5, 5.41) is 11.6. The van der Waals surface area contributed by atoms with Crippen LogP contribution in [0, 0.1) is 18.3 Å². The maximum atomic E-state index is 12.2. The summed E-state index contributed by atoms with van der Waals surface area (Å²) < 4.78 is 37.6. The van der Waals surface area contributed by atoms with Crippen LogP contribution in [-0.2, 0) is 14.8 Å². The second-order valence-corrected chi connectivity index (χ2v) is 8.26. The van der Waals surface area contributed by atoms with E-state index in [0.29, 0.717) is 30.1 Å². The number of carbonyl (C=O) groups is 1. The number of rotatable bonds is 11. The van der Waals surface area contributed by atoms with Crippen LogP contribution in [0.4, 0.5) is 0 Å². The highest BCUT2D eigenvalue weighted by molar-refractivity contribution is 7.89. The molecule has 0 aliphatic carbocycles. The summed E-state index contributed by atoms with van der Waals surface area (Å²) >= 11 is 0. The molecule has 0 heterocycles. The molecule has 0 radical (unpaired) electrons. The van der Waals surface area contributed by atoms with Crippen LogP contribution >= 0.6 is 0 Å². The third-order valence-electron chi connectivity index (χ3n) is 4.17. The molecule has 8 nitrogen and oxygen atoms in total. The van der Waals surface area contributed by atoms with Gasteiger partial charge in [0.2, 0.25) is 15.9 Å². The zero-order valence-electron chi connectivity index (χ0n) is 17.0. The molecule has 2 N–H and O–H groups in total. The van der Waals surface area contributed by atoms with Gasteiger partial charge in [-0.2, -0.15) is 5.26 Å². The number of aryl methyl sites for hydroxylation is 1. The summed E-state index contributed by atoms with van der Waals surface area (Å²) in [6, 6.07) is 13.4. The van der Waals surface area contributed by atoms with Gasteiger partial charge in [0.05, 0.1) is 30.2 Å². The number of hydrogen-bond donors (Lipinski definition) is 2. The second kappa shape index (κ2) is 11.2. The van der Waals surface area contributed by atoms with Crippen LogP contribution in [0.3, 0.4) is 0 Å². The maximum absolute atomic E-state index is 12.2. The van der Waals surface area contributed by atoms with Gasteiger partial charge >= 0.3 is 0 Å². The number of methoxy groups -OCH3 is 1. The molecule has 2 aromatic rings. The first kappa shape index (κ1) is 23.2. The second-order valence-electron chi connectivity index (χ2n) is 6.49. The Morgan fingerprint density at radius 3 is 2.50 bits per heavy atom. The first-order chi connectivity index (χ1) is 14.4. The van der Waals surface area contributed by atoms with Gasteiger partial charge < -0.3 is 14.8 Å². The van der Waals surface area contributed by atoms with Crippen molar-refractivity contribution >= 4 is 15.9 Å². The fourth-order valence-electron chi connectivity index (χ4n) is 2.55. The van der Waals surface area contributed by atoms with Gasteiger partial charge in [-0.05, 0) is 37.6 Å². The molecule has 0 saturated carbocycles. The van der Waals surface area contributed by atoms with Crippen molar-refractivity contribution in [3.05, 3.63) is 53.6 Å². The average molecular weight is 432 g/mol. The number of hydrogen-bond acceptors (Lipinski definition) is 6. The average Bonchev–Trinajstić information content (AvgIpc) is 2.74. The largest absolute Gasteiger partial charge is 0.493 e. The zero-order chi connectivity index (χ0) is 22.0. The molecule has 0 aliphatic rings. The molecule has 0 saturated heterocycles. The summed E-state index contributed by atoms with van der Waals surface area (Å²) in [5.41, 5.74) is 1.44. The van der Waals surface area contributed by atoms with E-state index in [4.69, 9.17) is 14.7 Å². The summed E-state index contributed by atoms with van der Waals surface area (Å²) in [7, 11) is -2.10. The molecule has 0 fully saturated rings. The molecule has 2 aromatic carbocycles. The van der Waals surface area contributed by atoms with E-state index in [0.717, 1.165) is 5.56 Å². The normalized spacial score (nSPS) is 10.8. The van der Waals surface area contributed by atoms with Crippen LogP contribution in [0.2, 0.25) is 0 Å². The van der Waals surface area contributed by atoms with Gasteiger partial charge in [-0.3, -0.25) is 4.79 Å². The highest BCUT2D eigenvalue weighted by Gasteiger charge is 2.13. The van der Waals surface area contributed by atoms with Gasteiger partial charge in [0, 0.05) is 25.6 Å². The van der Waals surface area contributed by atoms with Crippen LogP contribution in [-0.4, -0.2) is 41.1 Å². The Balaban J connectivity index is 1.66. The Morgan fingerprint density at radius 1 is 1.10 bits per heavy atom. The number of amides is 1. The molecular weight excluding hydrogens is 406 g/mol. The van der Waals surface area contributed by atoms with E-state index in [1.165, 1.54) is 7.11 Å². The van der Waals surface area contributed by atoms with Crippen LogP contribution in [0.15, 0.2) is 47.4 Å². The van der Waals surface area contributed by atoms with Gasteiger partial charge in [-0.15, -0.1) is 0 Å². The lowest BCUT2D eigenvalue weighted by Crippen LogP contribution is -2.34. The van der Waals surface area contributed by atoms with Gasteiger partial charge in [-0.25, -0.2) is 13.1 Å². The van der Waals surface area contributed by atoms with Crippen molar-refractivity contribution in [1.29, 1.82) is 5.26 Å². The van der Waals surface area contributed by atoms with E-state index < -0.39 is 10.0 Å². The minimum atomic E-state index is -3.59. The minimum absolute atomic E-state index is 0.0981. The Morgan fingerprint density at radius 2 is 1.83 bits per heavy atom. The molecule has 0 aliphatic heterocycles. The van der Waals surface area contributed by atoms with Gasteiger partial charge in [0.25, 0.3) is 0 Å². The monoisotopic (exact) mass is 431 g/mol. The molecular formula is C21H25N3O5S. The number of sulfonamides is 1. The molecule has 0 bridgehead atoms. The lowest BCUT2D eigenvalue weighted by atomic mass is 10.2. The number of nitrogens with one attached hydrogen (secondary N) is 2. The Labute approximate surface area is 176 Å². The van der Waals surface area contributed by atoms with Crippen LogP contribution < -0.4 is 19.5 Å². The van der Waals surface area contributed by atoms with Crippen molar-refractivity contribution in [3.8, 4) is 17.6 Å². The lowest BCUT2D eigenvalue weighted by molar-refractivity contribution is -0.121. The smallest absolute Gasteiger partial charge is 0.240 e. The third kappa shape index (κ3) is 7.06. The summed E-state index contributed by atoms with van der Waals surface area (Å²) in [4.78, 5) is 12.1. The SMILES string of the molecule is COc1cc(C#N)ccc1OCCCC(=O)NCCNS(=O)(=O)c1ccc(C)cc1. The van der Waals surface area contributed by atoms with Crippen molar-refractivity contribution < 1.29 is 22.7 Å². The van der Waals surface area contributed by atoms with Gasteiger partial charge in [-0.1, -0.05) is 17.7 Å². The van der Waals surface area contributed by atoms with E-state index >= 15 is 0 Å². The van der Waals surface area contributed by atoms with Crippen LogP contribution in [0.5, 0.6) is 11.5 Å². The summed E-state index contributed by atoms with van der Waals surface area (Å²) in [5.74, 6) is 0.765. The van der Waals surface area contributed by atoms with E-state index in [1.54, 1.807) is 42.5 Å². The third-order valence-corrected chi connectivity index (χ3v) is 5.65. The summed E-state index contributed by atoms with van der Waals surface area (Å²) in [6.45, 7) is 2.47. The van der Waals surface area contributed by atoms with E-state index in [-0.39, 0.29) is 30.3 Å². The molecule has 160 valence electrons. The van der Waals surface area contributed by atoms with E-state index in [1.807, 2.05) is 13.0 Å². The molecule has 9 heteroatoms. The van der Waals surface area contributed by atoms with Crippen molar-refractivity contribution in [3.63, 3.8) is 0 Å². The van der Waals surface area contributed by atoms with Crippen molar-refractivity contribution in [2.45, 2.75) is 24.7 Å². The number of ether oxygens (including phenoxy) is 2. The maximum Gasteiger partial charge on any atom is 0.240 e. The summed E-state index contributed by atoms with van der Waals surface area (Å²) in [6.07, 6.45) is 0.716. The molecule has 30 heavy (non-hydrogen) atoms. The van der Waals surface area contributed by atoms with E-state index in [2.05, 4.69) is 10.0 Å². The number of carbonyl (C=O) groups excluding carboxylic acids is 1. The Kier molecular flexibility index (Phi) is 8.65. The Bertz CT molecular complexity index is 998. The minimum Gasteiger partial charge on any atom is -0.493 e. The topological polar surface area (TPSA) is 118 Å². The molecule has 0 aromatic heterocycles. The lowest BCUT2D eigenvalue weighted by Gasteiger charge is -2.11. The predicted octanol–water partition coefficient (Wildman–Crippen LogP) is 2.13. The molecule has 0 spiro atoms. The van der Waals surface area contributed by atoms with E-state index in [9.17, 15) is 13.2 Å². The quantitative estimate of drug-likeness (QED) is 0.526. The van der Waals surface area contributed by atoms with Crippen LogP contribution in [0.1, 0.15) is 24.0 Å². The number of benzene rings is 2. The van der Waals surface area contributed by atoms with Crippen LogP contribution in [0.25, 0.3) is 0 Å². The van der Waals surface area contributed by atoms with Crippen molar-refractivity contribution in [1.82, 2.24) is 10.0 Å². The predicted molar refractivity (Wildman–Crippen MR) is 112 cm³/mol. The first-order valence-corrected chi connectivity index (χ1v) is 10.9. The molecule has 1 amide bonds. The fraction of sp³-hybridized carbons (Fsp3) is 0.333. The highest BCUT2D eigenvalue weighted by atomic mass is 32.2. The standard InChI is InChI=1S/C21H25N3O5S/c1-16-5-8-18(9-6-16)30(26,27)24-12-11-23-21(25)4-3-13-29-19-10-7-17(15-22)14-20(19)28-2/h5-10,14,24H,3-4,11-13H2,1-2H3,(H,23,25). The van der Waals surface area contributed by atoms with Crippen molar-refractivity contribution in [2.75, 3.05) is 26.8 Å².